The maximum atomic E-state index is 12.7. The Labute approximate surface area is 126 Å². The number of hydrogen-bond acceptors (Lipinski definition) is 4. The number of esters is 1. The van der Waals surface area contributed by atoms with Crippen molar-refractivity contribution < 1.29 is 17.9 Å². The van der Waals surface area contributed by atoms with Crippen LogP contribution in [0.5, 0.6) is 0 Å². The summed E-state index contributed by atoms with van der Waals surface area (Å²) in [6.45, 7) is 2.37. The van der Waals surface area contributed by atoms with Crippen molar-refractivity contribution in [2.75, 3.05) is 13.7 Å². The lowest BCUT2D eigenvalue weighted by molar-refractivity contribution is -0.146. The third-order valence-corrected chi connectivity index (χ3v) is 5.79. The molecule has 2 rings (SSSR count). The predicted octanol–water partition coefficient (Wildman–Crippen LogP) is 1.97. The fraction of sp³-hybridized carbons (Fsp3) is 0.533. The van der Waals surface area contributed by atoms with E-state index in [4.69, 9.17) is 4.74 Å². The largest absolute Gasteiger partial charge is 0.468 e. The summed E-state index contributed by atoms with van der Waals surface area (Å²) >= 11 is 0. The molecule has 0 saturated carbocycles. The van der Waals surface area contributed by atoms with E-state index in [2.05, 4.69) is 0 Å². The normalized spacial score (nSPS) is 20.2. The quantitative estimate of drug-likeness (QED) is 0.798. The molecule has 6 heteroatoms. The van der Waals surface area contributed by atoms with E-state index in [0.29, 0.717) is 13.0 Å². The van der Waals surface area contributed by atoms with Gasteiger partial charge in [-0.15, -0.1) is 0 Å². The first kappa shape index (κ1) is 16.0. The number of rotatable bonds is 4. The summed E-state index contributed by atoms with van der Waals surface area (Å²) in [5, 5.41) is 0. The maximum Gasteiger partial charge on any atom is 0.324 e. The van der Waals surface area contributed by atoms with Crippen molar-refractivity contribution in [3.63, 3.8) is 0 Å². The molecule has 0 N–H and O–H groups in total. The molecule has 1 aliphatic heterocycles. The zero-order valence-corrected chi connectivity index (χ0v) is 13.2. The summed E-state index contributed by atoms with van der Waals surface area (Å²) in [5.41, 5.74) is 1.08. The fourth-order valence-corrected chi connectivity index (χ4v) is 4.24. The second-order valence-corrected chi connectivity index (χ2v) is 7.04. The summed E-state index contributed by atoms with van der Waals surface area (Å²) < 4.78 is 31.5. The Bertz CT molecular complexity index is 595. The van der Waals surface area contributed by atoms with Crippen molar-refractivity contribution in [3.8, 4) is 0 Å². The first-order valence-electron chi connectivity index (χ1n) is 7.19. The molecular weight excluding hydrogens is 290 g/mol. The number of methoxy groups -OCH3 is 1. The Hall–Kier alpha value is -1.40. The number of ether oxygens (including phenoxy) is 1. The number of sulfonamides is 1. The lowest BCUT2D eigenvalue weighted by atomic mass is 10.1. The highest BCUT2D eigenvalue weighted by Crippen LogP contribution is 2.26. The molecule has 0 radical (unpaired) electrons. The van der Waals surface area contributed by atoms with Crippen molar-refractivity contribution >= 4 is 16.0 Å². The second kappa shape index (κ2) is 6.58. The molecular formula is C15H21NO4S. The zero-order chi connectivity index (χ0) is 15.5. The van der Waals surface area contributed by atoms with Gasteiger partial charge in [-0.2, -0.15) is 4.31 Å². The van der Waals surface area contributed by atoms with E-state index in [9.17, 15) is 13.2 Å². The van der Waals surface area contributed by atoms with Crippen LogP contribution in [0.25, 0.3) is 0 Å². The summed E-state index contributed by atoms with van der Waals surface area (Å²) in [7, 11) is -2.37. The predicted molar refractivity (Wildman–Crippen MR) is 79.4 cm³/mol. The summed E-state index contributed by atoms with van der Waals surface area (Å²) in [6, 6.07) is 6.13. The molecule has 1 aromatic carbocycles. The maximum absolute atomic E-state index is 12.7. The van der Waals surface area contributed by atoms with Gasteiger partial charge in [0.25, 0.3) is 0 Å². The van der Waals surface area contributed by atoms with Crippen LogP contribution in [0.15, 0.2) is 29.2 Å². The molecule has 5 nitrogen and oxygen atoms in total. The van der Waals surface area contributed by atoms with Gasteiger partial charge in [-0.25, -0.2) is 8.42 Å². The van der Waals surface area contributed by atoms with Gasteiger partial charge < -0.3 is 4.74 Å². The molecule has 1 heterocycles. The Balaban J connectivity index is 2.33. The minimum Gasteiger partial charge on any atom is -0.468 e. The van der Waals surface area contributed by atoms with Gasteiger partial charge in [-0.1, -0.05) is 19.1 Å². The van der Waals surface area contributed by atoms with E-state index in [0.717, 1.165) is 24.8 Å². The van der Waals surface area contributed by atoms with Gasteiger partial charge in [-0.05, 0) is 43.4 Å². The molecule has 0 spiro atoms. The summed E-state index contributed by atoms with van der Waals surface area (Å²) in [4.78, 5) is 12.1. The average molecular weight is 311 g/mol. The highest BCUT2D eigenvalue weighted by molar-refractivity contribution is 7.89. The van der Waals surface area contributed by atoms with E-state index in [-0.39, 0.29) is 4.90 Å². The minimum absolute atomic E-state index is 0.232. The van der Waals surface area contributed by atoms with Crippen LogP contribution in [0.4, 0.5) is 0 Å². The second-order valence-electron chi connectivity index (χ2n) is 5.15. The SMILES string of the molecule is CCc1ccc(S(=O)(=O)N2CCCC[C@@H]2C(=O)OC)cc1. The van der Waals surface area contributed by atoms with E-state index in [1.165, 1.54) is 11.4 Å². The first-order chi connectivity index (χ1) is 10.0. The number of nitrogens with zero attached hydrogens (tertiary/aromatic N) is 1. The van der Waals surface area contributed by atoms with Crippen LogP contribution in [-0.2, 0) is 26.0 Å². The Morgan fingerprint density at radius 2 is 1.95 bits per heavy atom. The molecule has 0 unspecified atom stereocenters. The molecule has 1 aromatic rings. The Kier molecular flexibility index (Phi) is 5.00. The van der Waals surface area contributed by atoms with Crippen LogP contribution in [0.2, 0.25) is 0 Å². The standard InChI is InChI=1S/C15H21NO4S/c1-3-12-7-9-13(10-8-12)21(18,19)16-11-5-4-6-14(16)15(17)20-2/h7-10,14H,3-6,11H2,1-2H3/t14-/m1/s1. The molecule has 1 atom stereocenters. The van der Waals surface area contributed by atoms with E-state index >= 15 is 0 Å². The van der Waals surface area contributed by atoms with Crippen molar-refractivity contribution in [1.82, 2.24) is 4.31 Å². The number of aryl methyl sites for hydroxylation is 1. The summed E-state index contributed by atoms with van der Waals surface area (Å²) in [6.07, 6.45) is 2.97. The van der Waals surface area contributed by atoms with Gasteiger partial charge in [0.15, 0.2) is 0 Å². The van der Waals surface area contributed by atoms with Gasteiger partial charge in [0, 0.05) is 6.54 Å². The smallest absolute Gasteiger partial charge is 0.324 e. The minimum atomic E-state index is -3.66. The molecule has 0 amide bonds. The topological polar surface area (TPSA) is 63.7 Å². The fourth-order valence-electron chi connectivity index (χ4n) is 2.60. The monoisotopic (exact) mass is 311 g/mol. The Morgan fingerprint density at radius 1 is 1.29 bits per heavy atom. The van der Waals surface area contributed by atoms with Crippen molar-refractivity contribution in [2.45, 2.75) is 43.5 Å². The number of carbonyl (C=O) groups is 1. The molecule has 21 heavy (non-hydrogen) atoms. The number of carbonyl (C=O) groups excluding carboxylic acids is 1. The van der Waals surface area contributed by atoms with Crippen LogP contribution in [0.1, 0.15) is 31.7 Å². The van der Waals surface area contributed by atoms with Gasteiger partial charge in [0.05, 0.1) is 12.0 Å². The highest BCUT2D eigenvalue weighted by Gasteiger charge is 2.38. The third-order valence-electron chi connectivity index (χ3n) is 3.87. The van der Waals surface area contributed by atoms with Crippen LogP contribution >= 0.6 is 0 Å². The molecule has 0 bridgehead atoms. The average Bonchev–Trinajstić information content (AvgIpc) is 2.54. The molecule has 1 fully saturated rings. The van der Waals surface area contributed by atoms with Crippen molar-refractivity contribution in [2.24, 2.45) is 0 Å². The van der Waals surface area contributed by atoms with Crippen LogP contribution in [0.3, 0.4) is 0 Å². The van der Waals surface area contributed by atoms with Gasteiger partial charge in [-0.3, -0.25) is 4.79 Å². The lowest BCUT2D eigenvalue weighted by Crippen LogP contribution is -2.48. The first-order valence-corrected chi connectivity index (χ1v) is 8.63. The van der Waals surface area contributed by atoms with Gasteiger partial charge in [0.1, 0.15) is 6.04 Å². The highest BCUT2D eigenvalue weighted by atomic mass is 32.2. The molecule has 1 saturated heterocycles. The number of hydrogen-bond donors (Lipinski definition) is 0. The third kappa shape index (κ3) is 3.27. The van der Waals surface area contributed by atoms with Crippen molar-refractivity contribution in [1.29, 1.82) is 0 Å². The van der Waals surface area contributed by atoms with Crippen LogP contribution in [-0.4, -0.2) is 38.4 Å². The molecule has 116 valence electrons. The van der Waals surface area contributed by atoms with Gasteiger partial charge >= 0.3 is 5.97 Å². The Morgan fingerprint density at radius 3 is 2.52 bits per heavy atom. The molecule has 0 aromatic heterocycles. The summed E-state index contributed by atoms with van der Waals surface area (Å²) in [5.74, 6) is -0.483. The van der Waals surface area contributed by atoms with Gasteiger partial charge in [0.2, 0.25) is 10.0 Å². The zero-order valence-electron chi connectivity index (χ0n) is 12.4. The lowest BCUT2D eigenvalue weighted by Gasteiger charge is -2.32. The van der Waals surface area contributed by atoms with E-state index in [1.807, 2.05) is 19.1 Å². The molecule has 0 aliphatic carbocycles. The van der Waals surface area contributed by atoms with Crippen LogP contribution in [0, 0.1) is 0 Å². The van der Waals surface area contributed by atoms with Crippen LogP contribution < -0.4 is 0 Å². The van der Waals surface area contributed by atoms with E-state index < -0.39 is 22.0 Å². The molecule has 1 aliphatic rings. The number of piperidine rings is 1. The number of benzene rings is 1. The van der Waals surface area contributed by atoms with E-state index in [1.54, 1.807) is 12.1 Å². The van der Waals surface area contributed by atoms with Crippen molar-refractivity contribution in [3.05, 3.63) is 29.8 Å².